The van der Waals surface area contributed by atoms with Crippen molar-refractivity contribution in [3.8, 4) is 0 Å². The Kier molecular flexibility index (Phi) is 4.13. The van der Waals surface area contributed by atoms with Crippen molar-refractivity contribution in [2.75, 3.05) is 18.9 Å². The molecule has 0 aromatic heterocycles. The number of nitrogens with one attached hydrogen (secondary N) is 1. The van der Waals surface area contributed by atoms with Gasteiger partial charge in [0, 0.05) is 18.8 Å². The molecule has 0 aliphatic carbocycles. The number of ether oxygens (including phenoxy) is 1. The van der Waals surface area contributed by atoms with Crippen LogP contribution < -0.4 is 11.1 Å². The number of hydrogen-bond donors (Lipinski definition) is 2. The molecule has 1 saturated heterocycles. The van der Waals surface area contributed by atoms with E-state index in [-0.39, 0.29) is 17.8 Å². The molecule has 0 bridgehead atoms. The number of halogens is 3. The van der Waals surface area contributed by atoms with Crippen LogP contribution in [0.15, 0.2) is 18.2 Å². The average Bonchev–Trinajstić information content (AvgIpc) is 2.83. The Bertz CT molecular complexity index is 538. The molecule has 1 aromatic carbocycles. The second kappa shape index (κ2) is 5.55. The first kappa shape index (κ1) is 15.6. The Labute approximate surface area is 120 Å². The molecule has 7 heteroatoms. The molecule has 0 saturated carbocycles. The number of hydrogen-bond acceptors (Lipinski definition) is 3. The van der Waals surface area contributed by atoms with Crippen LogP contribution in [0.3, 0.4) is 0 Å². The van der Waals surface area contributed by atoms with Crippen molar-refractivity contribution >= 4 is 11.6 Å². The van der Waals surface area contributed by atoms with E-state index >= 15 is 0 Å². The van der Waals surface area contributed by atoms with Gasteiger partial charge in [0.2, 0.25) is 0 Å². The van der Waals surface area contributed by atoms with Crippen molar-refractivity contribution in [2.45, 2.75) is 31.5 Å². The van der Waals surface area contributed by atoms with E-state index in [2.05, 4.69) is 5.32 Å². The zero-order chi connectivity index (χ0) is 15.7. The van der Waals surface area contributed by atoms with Gasteiger partial charge < -0.3 is 15.8 Å². The number of nitrogens with two attached hydrogens (primary N) is 1. The van der Waals surface area contributed by atoms with Crippen LogP contribution in [0.4, 0.5) is 18.9 Å². The molecule has 3 N–H and O–H groups in total. The number of benzene rings is 1. The minimum absolute atomic E-state index is 0.0120. The molecule has 0 spiro atoms. The molecule has 1 aromatic rings. The lowest BCUT2D eigenvalue weighted by atomic mass is 10.0. The Morgan fingerprint density at radius 1 is 1.48 bits per heavy atom. The van der Waals surface area contributed by atoms with E-state index in [0.29, 0.717) is 6.61 Å². The Morgan fingerprint density at radius 3 is 2.76 bits per heavy atom. The van der Waals surface area contributed by atoms with Crippen molar-refractivity contribution in [3.63, 3.8) is 0 Å². The third-order valence-corrected chi connectivity index (χ3v) is 3.55. The summed E-state index contributed by atoms with van der Waals surface area (Å²) in [4.78, 5) is 12.0. The lowest BCUT2D eigenvalue weighted by Crippen LogP contribution is -2.40. The van der Waals surface area contributed by atoms with Crippen LogP contribution in [0.25, 0.3) is 0 Å². The van der Waals surface area contributed by atoms with E-state index in [4.69, 9.17) is 10.5 Å². The molecule has 1 atom stereocenters. The van der Waals surface area contributed by atoms with Gasteiger partial charge in [-0.05, 0) is 38.0 Å². The maximum absolute atomic E-state index is 12.7. The number of rotatable bonds is 3. The highest BCUT2D eigenvalue weighted by Gasteiger charge is 2.33. The van der Waals surface area contributed by atoms with Crippen molar-refractivity contribution in [3.05, 3.63) is 29.3 Å². The van der Waals surface area contributed by atoms with Crippen LogP contribution in [0, 0.1) is 0 Å². The van der Waals surface area contributed by atoms with Gasteiger partial charge in [-0.2, -0.15) is 13.2 Å². The number of carbonyl (C=O) groups is 1. The van der Waals surface area contributed by atoms with Crippen LogP contribution in [0.2, 0.25) is 0 Å². The van der Waals surface area contributed by atoms with Gasteiger partial charge in [0.05, 0.1) is 16.7 Å². The second-order valence-electron chi connectivity index (χ2n) is 5.38. The van der Waals surface area contributed by atoms with Crippen LogP contribution in [-0.2, 0) is 10.9 Å². The number of nitrogen functional groups attached to an aromatic ring is 1. The number of amides is 1. The standard InChI is InChI=1S/C14H17F3N2O2/c1-13(5-2-6-21-13)8-19-12(20)10-7-9(14(15,16)17)3-4-11(10)18/h3-4,7H,2,5-6,8,18H2,1H3,(H,19,20). The fourth-order valence-corrected chi connectivity index (χ4v) is 2.27. The van der Waals surface area contributed by atoms with Gasteiger partial charge in [-0.25, -0.2) is 0 Å². The molecule has 1 fully saturated rings. The monoisotopic (exact) mass is 302 g/mol. The molecule has 0 radical (unpaired) electrons. The molecule has 4 nitrogen and oxygen atoms in total. The Morgan fingerprint density at radius 2 is 2.19 bits per heavy atom. The highest BCUT2D eigenvalue weighted by molar-refractivity contribution is 5.99. The molecular weight excluding hydrogens is 285 g/mol. The van der Waals surface area contributed by atoms with Gasteiger partial charge in [0.15, 0.2) is 0 Å². The summed E-state index contributed by atoms with van der Waals surface area (Å²) in [5, 5.41) is 2.59. The summed E-state index contributed by atoms with van der Waals surface area (Å²) in [7, 11) is 0. The van der Waals surface area contributed by atoms with E-state index in [1.54, 1.807) is 0 Å². The summed E-state index contributed by atoms with van der Waals surface area (Å²) < 4.78 is 43.5. The number of alkyl halides is 3. The van der Waals surface area contributed by atoms with Crippen LogP contribution in [-0.4, -0.2) is 24.7 Å². The van der Waals surface area contributed by atoms with E-state index in [0.717, 1.165) is 31.0 Å². The average molecular weight is 302 g/mol. The maximum atomic E-state index is 12.7. The maximum Gasteiger partial charge on any atom is 0.416 e. The normalized spacial score (nSPS) is 22.3. The topological polar surface area (TPSA) is 64.4 Å². The smallest absolute Gasteiger partial charge is 0.398 e. The first-order chi connectivity index (χ1) is 9.71. The van der Waals surface area contributed by atoms with Crippen molar-refractivity contribution < 1.29 is 22.7 Å². The first-order valence-electron chi connectivity index (χ1n) is 6.60. The predicted molar refractivity (Wildman–Crippen MR) is 71.8 cm³/mol. The van der Waals surface area contributed by atoms with Crippen molar-refractivity contribution in [1.82, 2.24) is 5.32 Å². The summed E-state index contributed by atoms with van der Waals surface area (Å²) in [6, 6.07) is 2.71. The Hall–Kier alpha value is -1.76. The molecule has 21 heavy (non-hydrogen) atoms. The van der Waals surface area contributed by atoms with Gasteiger partial charge in [-0.3, -0.25) is 4.79 Å². The summed E-state index contributed by atoms with van der Waals surface area (Å²) >= 11 is 0. The molecule has 1 unspecified atom stereocenters. The van der Waals surface area contributed by atoms with Crippen molar-refractivity contribution in [2.24, 2.45) is 0 Å². The molecule has 2 rings (SSSR count). The van der Waals surface area contributed by atoms with Gasteiger partial charge in [0.25, 0.3) is 5.91 Å². The molecular formula is C14H17F3N2O2. The fraction of sp³-hybridized carbons (Fsp3) is 0.500. The zero-order valence-electron chi connectivity index (χ0n) is 11.6. The third kappa shape index (κ3) is 3.66. The third-order valence-electron chi connectivity index (χ3n) is 3.55. The first-order valence-corrected chi connectivity index (χ1v) is 6.60. The quantitative estimate of drug-likeness (QED) is 0.844. The summed E-state index contributed by atoms with van der Waals surface area (Å²) in [6.45, 7) is 2.72. The van der Waals surface area contributed by atoms with E-state index in [9.17, 15) is 18.0 Å². The van der Waals surface area contributed by atoms with E-state index < -0.39 is 23.2 Å². The highest BCUT2D eigenvalue weighted by atomic mass is 19.4. The highest BCUT2D eigenvalue weighted by Crippen LogP contribution is 2.31. The Balaban J connectivity index is 2.11. The molecule has 1 aliphatic rings. The predicted octanol–water partition coefficient (Wildman–Crippen LogP) is 2.59. The molecule has 1 aliphatic heterocycles. The minimum Gasteiger partial charge on any atom is -0.398 e. The van der Waals surface area contributed by atoms with Crippen molar-refractivity contribution in [1.29, 1.82) is 0 Å². The lowest BCUT2D eigenvalue weighted by molar-refractivity contribution is -0.137. The molecule has 1 amide bonds. The van der Waals surface area contributed by atoms with E-state index in [1.165, 1.54) is 0 Å². The molecule has 116 valence electrons. The summed E-state index contributed by atoms with van der Waals surface area (Å²) in [6.07, 6.45) is -2.81. The summed E-state index contributed by atoms with van der Waals surface area (Å²) in [5.41, 5.74) is 4.06. The van der Waals surface area contributed by atoms with Crippen LogP contribution in [0.1, 0.15) is 35.7 Å². The molecule has 1 heterocycles. The number of anilines is 1. The van der Waals surface area contributed by atoms with Gasteiger partial charge >= 0.3 is 6.18 Å². The minimum atomic E-state index is -4.51. The van der Waals surface area contributed by atoms with Crippen LogP contribution in [0.5, 0.6) is 0 Å². The summed E-state index contributed by atoms with van der Waals surface area (Å²) in [5.74, 6) is -0.629. The number of carbonyl (C=O) groups excluding carboxylic acids is 1. The second-order valence-corrected chi connectivity index (χ2v) is 5.38. The van der Waals surface area contributed by atoms with Crippen LogP contribution >= 0.6 is 0 Å². The fourth-order valence-electron chi connectivity index (χ4n) is 2.27. The largest absolute Gasteiger partial charge is 0.416 e. The van der Waals surface area contributed by atoms with E-state index in [1.807, 2.05) is 6.92 Å². The SMILES string of the molecule is CC1(CNC(=O)c2cc(C(F)(F)F)ccc2N)CCCO1. The van der Waals surface area contributed by atoms with Gasteiger partial charge in [-0.15, -0.1) is 0 Å². The lowest BCUT2D eigenvalue weighted by Gasteiger charge is -2.23. The van der Waals surface area contributed by atoms with Gasteiger partial charge in [0.1, 0.15) is 0 Å². The van der Waals surface area contributed by atoms with Gasteiger partial charge in [-0.1, -0.05) is 0 Å². The zero-order valence-corrected chi connectivity index (χ0v) is 11.6.